The first kappa shape index (κ1) is 11.2. The van der Waals surface area contributed by atoms with Gasteiger partial charge in [0.15, 0.2) is 0 Å². The van der Waals surface area contributed by atoms with Crippen molar-refractivity contribution in [3.05, 3.63) is 64.1 Å². The van der Waals surface area contributed by atoms with Gasteiger partial charge < -0.3 is 10.8 Å². The summed E-state index contributed by atoms with van der Waals surface area (Å²) in [5, 5.41) is 10.2. The van der Waals surface area contributed by atoms with Crippen molar-refractivity contribution in [2.45, 2.75) is 6.10 Å². The molecule has 2 aromatic carbocycles. The van der Waals surface area contributed by atoms with E-state index in [1.165, 1.54) is 0 Å². The van der Waals surface area contributed by atoms with Crippen molar-refractivity contribution in [1.82, 2.24) is 0 Å². The highest BCUT2D eigenvalue weighted by Gasteiger charge is 2.13. The molecule has 0 amide bonds. The number of nitrogen functional groups attached to an aromatic ring is 1. The van der Waals surface area contributed by atoms with E-state index in [1.54, 1.807) is 6.07 Å². The minimum Gasteiger partial charge on any atom is -0.398 e. The first-order chi connectivity index (χ1) is 7.68. The number of hydrogen-bond donors (Lipinski definition) is 2. The van der Waals surface area contributed by atoms with Gasteiger partial charge >= 0.3 is 0 Å². The van der Waals surface area contributed by atoms with Gasteiger partial charge in [-0.15, -0.1) is 0 Å². The van der Waals surface area contributed by atoms with E-state index in [9.17, 15) is 5.11 Å². The zero-order chi connectivity index (χ0) is 11.5. The average Bonchev–Trinajstić information content (AvgIpc) is 2.32. The lowest BCUT2D eigenvalue weighted by Crippen LogP contribution is -2.03. The predicted octanol–water partition coefficient (Wildman–Crippen LogP) is 3.11. The molecule has 0 aliphatic carbocycles. The highest BCUT2D eigenvalue weighted by Crippen LogP contribution is 2.28. The second kappa shape index (κ2) is 4.68. The molecule has 0 fully saturated rings. The molecular formula is C13H12BrNO. The van der Waals surface area contributed by atoms with Crippen LogP contribution in [0.1, 0.15) is 17.2 Å². The fourth-order valence-electron chi connectivity index (χ4n) is 1.60. The normalized spacial score (nSPS) is 12.4. The first-order valence-electron chi connectivity index (χ1n) is 4.96. The molecular weight excluding hydrogens is 266 g/mol. The van der Waals surface area contributed by atoms with Crippen LogP contribution in [-0.4, -0.2) is 5.11 Å². The Morgan fingerprint density at radius 3 is 2.44 bits per heavy atom. The Bertz CT molecular complexity index is 485. The highest BCUT2D eigenvalue weighted by atomic mass is 79.9. The fourth-order valence-corrected chi connectivity index (χ4v) is 1.98. The Morgan fingerprint density at radius 1 is 1.06 bits per heavy atom. The van der Waals surface area contributed by atoms with Crippen molar-refractivity contribution in [3.63, 3.8) is 0 Å². The molecule has 0 spiro atoms. The Balaban J connectivity index is 2.41. The highest BCUT2D eigenvalue weighted by molar-refractivity contribution is 9.10. The maximum Gasteiger partial charge on any atom is 0.106 e. The second-order valence-corrected chi connectivity index (χ2v) is 4.50. The molecule has 2 aromatic rings. The molecule has 0 aromatic heterocycles. The summed E-state index contributed by atoms with van der Waals surface area (Å²) in [5.41, 5.74) is 8.01. The molecule has 0 radical (unpaired) electrons. The summed E-state index contributed by atoms with van der Waals surface area (Å²) in [6.07, 6.45) is -0.682. The molecule has 2 nitrogen and oxygen atoms in total. The predicted molar refractivity (Wildman–Crippen MR) is 69.1 cm³/mol. The van der Waals surface area contributed by atoms with Gasteiger partial charge in [-0.1, -0.05) is 46.3 Å². The lowest BCUT2D eigenvalue weighted by molar-refractivity contribution is 0.221. The third kappa shape index (κ3) is 2.26. The van der Waals surface area contributed by atoms with Crippen molar-refractivity contribution in [1.29, 1.82) is 0 Å². The zero-order valence-corrected chi connectivity index (χ0v) is 10.2. The van der Waals surface area contributed by atoms with E-state index >= 15 is 0 Å². The monoisotopic (exact) mass is 277 g/mol. The number of hydrogen-bond acceptors (Lipinski definition) is 2. The maximum absolute atomic E-state index is 10.2. The van der Waals surface area contributed by atoms with Crippen LogP contribution in [0, 0.1) is 0 Å². The van der Waals surface area contributed by atoms with Gasteiger partial charge in [0.05, 0.1) is 0 Å². The third-order valence-electron chi connectivity index (χ3n) is 2.46. The Hall–Kier alpha value is -1.32. The summed E-state index contributed by atoms with van der Waals surface area (Å²) < 4.78 is 0.909. The van der Waals surface area contributed by atoms with Gasteiger partial charge in [0.1, 0.15) is 6.10 Å². The molecule has 0 aliphatic heterocycles. The van der Waals surface area contributed by atoms with Gasteiger partial charge in [0.25, 0.3) is 0 Å². The Morgan fingerprint density at radius 2 is 1.75 bits per heavy atom. The topological polar surface area (TPSA) is 46.2 Å². The summed E-state index contributed by atoms with van der Waals surface area (Å²) in [6, 6.07) is 14.9. The molecule has 0 bridgehead atoms. The smallest absolute Gasteiger partial charge is 0.106 e. The van der Waals surface area contributed by atoms with Crippen LogP contribution in [-0.2, 0) is 0 Å². The van der Waals surface area contributed by atoms with E-state index < -0.39 is 6.10 Å². The van der Waals surface area contributed by atoms with Crippen LogP contribution >= 0.6 is 15.9 Å². The molecule has 16 heavy (non-hydrogen) atoms. The van der Waals surface area contributed by atoms with E-state index in [1.807, 2.05) is 42.5 Å². The van der Waals surface area contributed by atoms with Gasteiger partial charge in [-0.3, -0.25) is 0 Å². The molecule has 0 aliphatic rings. The molecule has 0 saturated heterocycles. The van der Waals surface area contributed by atoms with E-state index in [0.29, 0.717) is 5.69 Å². The number of aliphatic hydroxyl groups excluding tert-OH is 1. The number of anilines is 1. The summed E-state index contributed by atoms with van der Waals surface area (Å²) in [7, 11) is 0. The summed E-state index contributed by atoms with van der Waals surface area (Å²) in [4.78, 5) is 0. The Labute approximate surface area is 103 Å². The van der Waals surface area contributed by atoms with Crippen LogP contribution in [0.25, 0.3) is 0 Å². The summed E-state index contributed by atoms with van der Waals surface area (Å²) in [6.45, 7) is 0. The maximum atomic E-state index is 10.2. The molecule has 2 rings (SSSR count). The number of nitrogens with two attached hydrogens (primary N) is 1. The standard InChI is InChI=1S/C13H12BrNO/c14-10-6-7-12(15)11(8-10)13(16)9-4-2-1-3-5-9/h1-8,13,16H,15H2/t13-/m1/s1. The van der Waals surface area contributed by atoms with Crippen LogP contribution in [0.3, 0.4) is 0 Å². The number of halogens is 1. The van der Waals surface area contributed by atoms with E-state index in [-0.39, 0.29) is 0 Å². The molecule has 0 saturated carbocycles. The quantitative estimate of drug-likeness (QED) is 0.829. The van der Waals surface area contributed by atoms with Crippen molar-refractivity contribution in [3.8, 4) is 0 Å². The van der Waals surface area contributed by atoms with Crippen molar-refractivity contribution in [2.75, 3.05) is 5.73 Å². The van der Waals surface area contributed by atoms with E-state index in [0.717, 1.165) is 15.6 Å². The first-order valence-corrected chi connectivity index (χ1v) is 5.75. The van der Waals surface area contributed by atoms with Crippen LogP contribution in [0.5, 0.6) is 0 Å². The molecule has 1 atom stereocenters. The second-order valence-electron chi connectivity index (χ2n) is 3.59. The minimum atomic E-state index is -0.682. The van der Waals surface area contributed by atoms with Gasteiger partial charge in [-0.2, -0.15) is 0 Å². The minimum absolute atomic E-state index is 0.597. The van der Waals surface area contributed by atoms with Crippen molar-refractivity contribution in [2.24, 2.45) is 0 Å². The Kier molecular flexibility index (Phi) is 3.27. The molecule has 0 heterocycles. The van der Waals surface area contributed by atoms with Crippen LogP contribution in [0.15, 0.2) is 53.0 Å². The fraction of sp³-hybridized carbons (Fsp3) is 0.0769. The SMILES string of the molecule is Nc1ccc(Br)cc1[C@H](O)c1ccccc1. The molecule has 82 valence electrons. The zero-order valence-electron chi connectivity index (χ0n) is 8.60. The van der Waals surface area contributed by atoms with Crippen LogP contribution < -0.4 is 5.73 Å². The lowest BCUT2D eigenvalue weighted by Gasteiger charge is -2.14. The number of benzene rings is 2. The van der Waals surface area contributed by atoms with Crippen molar-refractivity contribution < 1.29 is 5.11 Å². The van der Waals surface area contributed by atoms with Gasteiger partial charge in [-0.25, -0.2) is 0 Å². The van der Waals surface area contributed by atoms with Crippen LogP contribution in [0.4, 0.5) is 5.69 Å². The van der Waals surface area contributed by atoms with Gasteiger partial charge in [0, 0.05) is 15.7 Å². The molecule has 3 heteroatoms. The van der Waals surface area contributed by atoms with Gasteiger partial charge in [-0.05, 0) is 23.8 Å². The lowest BCUT2D eigenvalue weighted by atomic mass is 10.0. The summed E-state index contributed by atoms with van der Waals surface area (Å²) >= 11 is 3.37. The largest absolute Gasteiger partial charge is 0.398 e. The third-order valence-corrected chi connectivity index (χ3v) is 2.95. The molecule has 0 unspecified atom stereocenters. The van der Waals surface area contributed by atoms with Gasteiger partial charge in [0.2, 0.25) is 0 Å². The number of aliphatic hydroxyl groups is 1. The average molecular weight is 278 g/mol. The summed E-state index contributed by atoms with van der Waals surface area (Å²) in [5.74, 6) is 0. The van der Waals surface area contributed by atoms with Crippen LogP contribution in [0.2, 0.25) is 0 Å². The van der Waals surface area contributed by atoms with E-state index in [2.05, 4.69) is 15.9 Å². The van der Waals surface area contributed by atoms with Crippen molar-refractivity contribution >= 4 is 21.6 Å². The molecule has 3 N–H and O–H groups in total. The van der Waals surface area contributed by atoms with E-state index in [4.69, 9.17) is 5.73 Å². The number of rotatable bonds is 2.